The van der Waals surface area contributed by atoms with Crippen molar-refractivity contribution in [3.8, 4) is 5.75 Å². The van der Waals surface area contributed by atoms with Crippen molar-refractivity contribution >= 4 is 5.97 Å². The summed E-state index contributed by atoms with van der Waals surface area (Å²) in [6.45, 7) is 15.3. The van der Waals surface area contributed by atoms with E-state index in [4.69, 9.17) is 5.11 Å². The van der Waals surface area contributed by atoms with Crippen molar-refractivity contribution in [3.05, 3.63) is 28.8 Å². The first-order valence-electron chi connectivity index (χ1n) is 16.0. The molecule has 3 heteroatoms. The number of benzene rings is 1. The van der Waals surface area contributed by atoms with Crippen LogP contribution in [0.1, 0.15) is 187 Å². The molecule has 0 aliphatic rings. The normalized spacial score (nSPS) is 13.1. The molecule has 2 N–H and O–H groups in total. The standard InChI is InChI=1S/C35H62O3/c1-8-9-10-11-12-13-14-15-16-17-18-19-20-23-28(24-21-22-25-32(36)37)29-26-30(34(2,3)4)33(38)31(27-29)35(5,6)7/h26-28,38H,8-25H2,1-7H3,(H,36,37). The maximum atomic E-state index is 11.2. The van der Waals surface area contributed by atoms with E-state index < -0.39 is 5.97 Å². The van der Waals surface area contributed by atoms with Gasteiger partial charge in [0, 0.05) is 6.42 Å². The zero-order chi connectivity index (χ0) is 28.6. The van der Waals surface area contributed by atoms with Crippen LogP contribution in [0.2, 0.25) is 0 Å². The van der Waals surface area contributed by atoms with Crippen molar-refractivity contribution in [2.24, 2.45) is 0 Å². The molecule has 0 aromatic heterocycles. The van der Waals surface area contributed by atoms with Gasteiger partial charge in [0.25, 0.3) is 0 Å². The van der Waals surface area contributed by atoms with E-state index in [1.54, 1.807) is 0 Å². The van der Waals surface area contributed by atoms with Crippen LogP contribution in [-0.4, -0.2) is 16.2 Å². The number of unbranched alkanes of at least 4 members (excludes halogenated alkanes) is 13. The van der Waals surface area contributed by atoms with Crippen LogP contribution in [-0.2, 0) is 15.6 Å². The minimum Gasteiger partial charge on any atom is -0.507 e. The molecule has 0 saturated carbocycles. The number of phenols is 1. The molecule has 1 unspecified atom stereocenters. The monoisotopic (exact) mass is 530 g/mol. The first-order chi connectivity index (χ1) is 17.9. The van der Waals surface area contributed by atoms with Crippen molar-refractivity contribution in [1.82, 2.24) is 0 Å². The van der Waals surface area contributed by atoms with E-state index in [-0.39, 0.29) is 17.3 Å². The Labute approximate surface area is 236 Å². The molecule has 0 aliphatic heterocycles. The van der Waals surface area contributed by atoms with Gasteiger partial charge in [-0.2, -0.15) is 0 Å². The van der Waals surface area contributed by atoms with Crippen molar-refractivity contribution in [3.63, 3.8) is 0 Å². The fourth-order valence-electron chi connectivity index (χ4n) is 5.59. The smallest absolute Gasteiger partial charge is 0.303 e. The Balaban J connectivity index is 2.70. The van der Waals surface area contributed by atoms with E-state index >= 15 is 0 Å². The molecule has 0 fully saturated rings. The summed E-state index contributed by atoms with van der Waals surface area (Å²) < 4.78 is 0. The topological polar surface area (TPSA) is 57.5 Å². The molecule has 0 spiro atoms. The van der Waals surface area contributed by atoms with Gasteiger partial charge >= 0.3 is 5.97 Å². The molecular formula is C35H62O3. The van der Waals surface area contributed by atoms with Gasteiger partial charge in [-0.05, 0) is 52.7 Å². The maximum Gasteiger partial charge on any atom is 0.303 e. The zero-order valence-electron chi connectivity index (χ0n) is 26.3. The van der Waals surface area contributed by atoms with Crippen molar-refractivity contribution < 1.29 is 15.0 Å². The molecule has 0 radical (unpaired) electrons. The first kappa shape index (κ1) is 34.5. The summed E-state index contributed by atoms with van der Waals surface area (Å²) in [7, 11) is 0. The molecule has 0 saturated heterocycles. The van der Waals surface area contributed by atoms with Gasteiger partial charge in [0.1, 0.15) is 5.75 Å². The lowest BCUT2D eigenvalue weighted by Crippen LogP contribution is -2.18. The number of rotatable bonds is 20. The molecule has 0 aliphatic carbocycles. The highest BCUT2D eigenvalue weighted by Crippen LogP contribution is 2.42. The predicted octanol–water partition coefficient (Wildman–Crippen LogP) is 11.2. The molecule has 1 aromatic rings. The lowest BCUT2D eigenvalue weighted by atomic mass is 9.76. The third-order valence-corrected chi connectivity index (χ3v) is 8.07. The largest absolute Gasteiger partial charge is 0.507 e. The van der Waals surface area contributed by atoms with E-state index in [0.717, 1.165) is 36.8 Å². The van der Waals surface area contributed by atoms with E-state index in [2.05, 4.69) is 60.6 Å². The number of carbonyl (C=O) groups is 1. The molecule has 220 valence electrons. The average Bonchev–Trinajstić information content (AvgIpc) is 2.82. The summed E-state index contributed by atoms with van der Waals surface area (Å²) in [5.74, 6) is 0.159. The quantitative estimate of drug-likeness (QED) is 0.165. The van der Waals surface area contributed by atoms with Gasteiger partial charge in [0.2, 0.25) is 0 Å². The van der Waals surface area contributed by atoms with E-state index in [0.29, 0.717) is 11.7 Å². The number of carboxylic acid groups (broad SMARTS) is 1. The van der Waals surface area contributed by atoms with Gasteiger partial charge in [-0.15, -0.1) is 0 Å². The number of aromatic hydroxyl groups is 1. The zero-order valence-corrected chi connectivity index (χ0v) is 26.3. The van der Waals surface area contributed by atoms with Crippen LogP contribution in [0.15, 0.2) is 12.1 Å². The van der Waals surface area contributed by atoms with Gasteiger partial charge in [0.05, 0.1) is 0 Å². The maximum absolute atomic E-state index is 11.2. The second-order valence-electron chi connectivity index (χ2n) is 13.8. The summed E-state index contributed by atoms with van der Waals surface area (Å²) in [6.07, 6.45) is 21.8. The number of carboxylic acids is 1. The Hall–Kier alpha value is -1.51. The third kappa shape index (κ3) is 14.0. The van der Waals surface area contributed by atoms with Crippen LogP contribution in [0.4, 0.5) is 0 Å². The van der Waals surface area contributed by atoms with Gasteiger partial charge in [0.15, 0.2) is 0 Å². The van der Waals surface area contributed by atoms with Gasteiger partial charge in [-0.25, -0.2) is 0 Å². The SMILES string of the molecule is CCCCCCCCCCCCCCCC(CCCCC(=O)O)c1cc(C(C)(C)C)c(O)c(C(C)(C)C)c1. The molecule has 38 heavy (non-hydrogen) atoms. The molecule has 1 atom stereocenters. The van der Waals surface area contributed by atoms with Gasteiger partial charge in [-0.3, -0.25) is 4.79 Å². The van der Waals surface area contributed by atoms with Crippen molar-refractivity contribution in [2.45, 2.75) is 181 Å². The first-order valence-corrected chi connectivity index (χ1v) is 16.0. The Kier molecular flexibility index (Phi) is 16.3. The predicted molar refractivity (Wildman–Crippen MR) is 165 cm³/mol. The Morgan fingerprint density at radius 3 is 1.39 bits per heavy atom. The summed E-state index contributed by atoms with van der Waals surface area (Å²) >= 11 is 0. The molecule has 1 aromatic carbocycles. The summed E-state index contributed by atoms with van der Waals surface area (Å²) in [5.41, 5.74) is 3.11. The van der Waals surface area contributed by atoms with Crippen LogP contribution in [0.25, 0.3) is 0 Å². The molecule has 0 heterocycles. The lowest BCUT2D eigenvalue weighted by Gasteiger charge is -2.30. The molecule has 1 rings (SSSR count). The summed E-state index contributed by atoms with van der Waals surface area (Å²) in [6, 6.07) is 4.49. The summed E-state index contributed by atoms with van der Waals surface area (Å²) in [4.78, 5) is 11.0. The Morgan fingerprint density at radius 1 is 0.658 bits per heavy atom. The highest BCUT2D eigenvalue weighted by molar-refractivity contribution is 5.66. The van der Waals surface area contributed by atoms with E-state index in [9.17, 15) is 9.90 Å². The third-order valence-electron chi connectivity index (χ3n) is 8.07. The van der Waals surface area contributed by atoms with Crippen molar-refractivity contribution in [1.29, 1.82) is 0 Å². The van der Waals surface area contributed by atoms with E-state index in [1.165, 1.54) is 89.0 Å². The second-order valence-corrected chi connectivity index (χ2v) is 13.8. The number of phenolic OH excluding ortho intramolecular Hbond substituents is 1. The van der Waals surface area contributed by atoms with Crippen LogP contribution in [0, 0.1) is 0 Å². The molecule has 0 amide bonds. The minimum atomic E-state index is -0.701. The highest BCUT2D eigenvalue weighted by atomic mass is 16.4. The van der Waals surface area contributed by atoms with Crippen LogP contribution >= 0.6 is 0 Å². The van der Waals surface area contributed by atoms with E-state index in [1.807, 2.05) is 0 Å². The Morgan fingerprint density at radius 2 is 1.03 bits per heavy atom. The second kappa shape index (κ2) is 18.0. The molecular weight excluding hydrogens is 468 g/mol. The van der Waals surface area contributed by atoms with Gasteiger partial charge < -0.3 is 10.2 Å². The highest BCUT2D eigenvalue weighted by Gasteiger charge is 2.28. The molecule has 3 nitrogen and oxygen atoms in total. The van der Waals surface area contributed by atoms with Crippen LogP contribution in [0.5, 0.6) is 5.75 Å². The lowest BCUT2D eigenvalue weighted by molar-refractivity contribution is -0.137. The fourth-order valence-corrected chi connectivity index (χ4v) is 5.59. The summed E-state index contributed by atoms with van der Waals surface area (Å²) in [5, 5.41) is 20.3. The van der Waals surface area contributed by atoms with Crippen molar-refractivity contribution in [2.75, 3.05) is 0 Å². The van der Waals surface area contributed by atoms with Crippen LogP contribution in [0.3, 0.4) is 0 Å². The Bertz CT molecular complexity index is 746. The minimum absolute atomic E-state index is 0.135. The van der Waals surface area contributed by atoms with Crippen LogP contribution < -0.4 is 0 Å². The number of hydrogen-bond acceptors (Lipinski definition) is 2. The van der Waals surface area contributed by atoms with Gasteiger partial charge in [-0.1, -0.05) is 150 Å². The average molecular weight is 531 g/mol. The number of hydrogen-bond donors (Lipinski definition) is 2. The fraction of sp³-hybridized carbons (Fsp3) is 0.800. The number of aliphatic carboxylic acids is 1. The molecule has 0 bridgehead atoms.